The highest BCUT2D eigenvalue weighted by Crippen LogP contribution is 2.24. The van der Waals surface area contributed by atoms with Crippen molar-refractivity contribution in [2.45, 2.75) is 32.9 Å². The van der Waals surface area contributed by atoms with Crippen LogP contribution in [0.1, 0.15) is 25.8 Å². The van der Waals surface area contributed by atoms with Crippen molar-refractivity contribution in [2.24, 2.45) is 5.73 Å². The van der Waals surface area contributed by atoms with E-state index in [4.69, 9.17) is 15.2 Å². The van der Waals surface area contributed by atoms with E-state index in [0.29, 0.717) is 18.8 Å². The molecule has 19 heavy (non-hydrogen) atoms. The number of ether oxygens (including phenoxy) is 2. The summed E-state index contributed by atoms with van der Waals surface area (Å²) in [5.41, 5.74) is 6.48. The molecule has 0 spiro atoms. The SMILES string of the molecule is CCCNC(=O)C(C)Oc1ccc(OC)cc1CN. The molecule has 0 aromatic heterocycles. The fraction of sp³-hybridized carbons (Fsp3) is 0.500. The lowest BCUT2D eigenvalue weighted by Crippen LogP contribution is -2.36. The molecule has 106 valence electrons. The van der Waals surface area contributed by atoms with Crippen LogP contribution in [0, 0.1) is 0 Å². The van der Waals surface area contributed by atoms with Crippen molar-refractivity contribution in [2.75, 3.05) is 13.7 Å². The topological polar surface area (TPSA) is 73.6 Å². The molecule has 1 aromatic rings. The molecule has 0 bridgehead atoms. The Labute approximate surface area is 114 Å². The van der Waals surface area contributed by atoms with Crippen LogP contribution in [0.2, 0.25) is 0 Å². The highest BCUT2D eigenvalue weighted by atomic mass is 16.5. The first-order valence-corrected chi connectivity index (χ1v) is 6.43. The minimum absolute atomic E-state index is 0.124. The number of rotatable bonds is 7. The van der Waals surface area contributed by atoms with E-state index in [1.165, 1.54) is 0 Å². The smallest absolute Gasteiger partial charge is 0.260 e. The van der Waals surface area contributed by atoms with E-state index in [9.17, 15) is 4.79 Å². The van der Waals surface area contributed by atoms with Crippen LogP contribution in [-0.4, -0.2) is 25.7 Å². The van der Waals surface area contributed by atoms with E-state index in [-0.39, 0.29) is 5.91 Å². The summed E-state index contributed by atoms with van der Waals surface area (Å²) in [5, 5.41) is 2.79. The van der Waals surface area contributed by atoms with Gasteiger partial charge in [0.25, 0.3) is 5.91 Å². The Hall–Kier alpha value is -1.75. The van der Waals surface area contributed by atoms with Crippen LogP contribution in [0.4, 0.5) is 0 Å². The monoisotopic (exact) mass is 266 g/mol. The van der Waals surface area contributed by atoms with E-state index in [1.54, 1.807) is 26.2 Å². The van der Waals surface area contributed by atoms with Crippen molar-refractivity contribution in [3.63, 3.8) is 0 Å². The Morgan fingerprint density at radius 3 is 2.79 bits per heavy atom. The molecule has 0 saturated carbocycles. The molecule has 1 amide bonds. The number of carbonyl (C=O) groups excluding carboxylic acids is 1. The summed E-state index contributed by atoms with van der Waals surface area (Å²) in [7, 11) is 1.59. The summed E-state index contributed by atoms with van der Waals surface area (Å²) < 4.78 is 10.8. The fourth-order valence-electron chi connectivity index (χ4n) is 1.59. The molecule has 0 aliphatic heterocycles. The number of amides is 1. The van der Waals surface area contributed by atoms with Gasteiger partial charge in [-0.2, -0.15) is 0 Å². The summed E-state index contributed by atoms with van der Waals surface area (Å²) in [5.74, 6) is 1.21. The van der Waals surface area contributed by atoms with Gasteiger partial charge >= 0.3 is 0 Å². The maximum absolute atomic E-state index is 11.7. The molecule has 0 saturated heterocycles. The Morgan fingerprint density at radius 1 is 1.47 bits per heavy atom. The molecule has 3 N–H and O–H groups in total. The van der Waals surface area contributed by atoms with Gasteiger partial charge in [-0.25, -0.2) is 0 Å². The van der Waals surface area contributed by atoms with Gasteiger partial charge in [0.15, 0.2) is 6.10 Å². The highest BCUT2D eigenvalue weighted by Gasteiger charge is 2.15. The van der Waals surface area contributed by atoms with Gasteiger partial charge in [0.2, 0.25) is 0 Å². The number of nitrogens with two attached hydrogens (primary N) is 1. The molecule has 1 atom stereocenters. The highest BCUT2D eigenvalue weighted by molar-refractivity contribution is 5.80. The summed E-state index contributed by atoms with van der Waals surface area (Å²) in [4.78, 5) is 11.7. The molecule has 0 fully saturated rings. The first-order chi connectivity index (χ1) is 9.12. The second-order valence-corrected chi connectivity index (χ2v) is 4.23. The molecule has 1 rings (SSSR count). The zero-order valence-corrected chi connectivity index (χ0v) is 11.7. The quantitative estimate of drug-likeness (QED) is 0.783. The van der Waals surface area contributed by atoms with Gasteiger partial charge in [-0.05, 0) is 31.5 Å². The number of nitrogens with one attached hydrogen (secondary N) is 1. The first kappa shape index (κ1) is 15.3. The normalized spacial score (nSPS) is 11.8. The molecular weight excluding hydrogens is 244 g/mol. The number of hydrogen-bond acceptors (Lipinski definition) is 4. The molecular formula is C14H22N2O3. The van der Waals surface area contributed by atoms with Gasteiger partial charge in [-0.1, -0.05) is 6.92 Å². The predicted octanol–water partition coefficient (Wildman–Crippen LogP) is 1.45. The van der Waals surface area contributed by atoms with Gasteiger partial charge in [0.05, 0.1) is 7.11 Å². The Kier molecular flexibility index (Phi) is 6.15. The van der Waals surface area contributed by atoms with Gasteiger partial charge in [-0.15, -0.1) is 0 Å². The van der Waals surface area contributed by atoms with Crippen LogP contribution >= 0.6 is 0 Å². The van der Waals surface area contributed by atoms with Gasteiger partial charge < -0.3 is 20.5 Å². The van der Waals surface area contributed by atoms with Crippen LogP contribution in [0.5, 0.6) is 11.5 Å². The van der Waals surface area contributed by atoms with Crippen molar-refractivity contribution in [1.82, 2.24) is 5.32 Å². The lowest BCUT2D eigenvalue weighted by molar-refractivity contribution is -0.127. The molecule has 0 radical (unpaired) electrons. The van der Waals surface area contributed by atoms with Crippen LogP contribution in [0.15, 0.2) is 18.2 Å². The lowest BCUT2D eigenvalue weighted by Gasteiger charge is -2.17. The molecule has 5 nitrogen and oxygen atoms in total. The van der Waals surface area contributed by atoms with Crippen molar-refractivity contribution >= 4 is 5.91 Å². The van der Waals surface area contributed by atoms with Crippen LogP contribution < -0.4 is 20.5 Å². The van der Waals surface area contributed by atoms with Crippen molar-refractivity contribution in [1.29, 1.82) is 0 Å². The average molecular weight is 266 g/mol. The van der Waals surface area contributed by atoms with E-state index in [2.05, 4.69) is 5.32 Å². The Bertz CT molecular complexity index is 421. The van der Waals surface area contributed by atoms with Gasteiger partial charge in [0, 0.05) is 18.7 Å². The molecule has 1 aromatic carbocycles. The van der Waals surface area contributed by atoms with Crippen LogP contribution in [-0.2, 0) is 11.3 Å². The minimum Gasteiger partial charge on any atom is -0.497 e. The lowest BCUT2D eigenvalue weighted by atomic mass is 10.2. The second kappa shape index (κ2) is 7.63. The molecule has 0 aliphatic rings. The maximum Gasteiger partial charge on any atom is 0.260 e. The van der Waals surface area contributed by atoms with Crippen molar-refractivity contribution < 1.29 is 14.3 Å². The standard InChI is InChI=1S/C14H22N2O3/c1-4-7-16-14(17)10(2)19-13-6-5-12(18-3)8-11(13)9-15/h5-6,8,10H,4,7,9,15H2,1-3H3,(H,16,17). The van der Waals surface area contributed by atoms with E-state index in [1.807, 2.05) is 13.0 Å². The van der Waals surface area contributed by atoms with Crippen LogP contribution in [0.3, 0.4) is 0 Å². The first-order valence-electron chi connectivity index (χ1n) is 6.43. The third-order valence-corrected chi connectivity index (χ3v) is 2.71. The van der Waals surface area contributed by atoms with Crippen molar-refractivity contribution in [3.05, 3.63) is 23.8 Å². The predicted molar refractivity (Wildman–Crippen MR) is 74.3 cm³/mol. The summed E-state index contributed by atoms with van der Waals surface area (Å²) >= 11 is 0. The minimum atomic E-state index is -0.551. The largest absolute Gasteiger partial charge is 0.497 e. The summed E-state index contributed by atoms with van der Waals surface area (Å²) in [6.07, 6.45) is 0.347. The summed E-state index contributed by atoms with van der Waals surface area (Å²) in [6.45, 7) is 4.70. The zero-order valence-electron chi connectivity index (χ0n) is 11.7. The molecule has 5 heteroatoms. The Balaban J connectivity index is 2.72. The third-order valence-electron chi connectivity index (χ3n) is 2.71. The Morgan fingerprint density at radius 2 is 2.21 bits per heavy atom. The van der Waals surface area contributed by atoms with Crippen molar-refractivity contribution in [3.8, 4) is 11.5 Å². The number of hydrogen-bond donors (Lipinski definition) is 2. The number of benzene rings is 1. The van der Waals surface area contributed by atoms with Crippen LogP contribution in [0.25, 0.3) is 0 Å². The van der Waals surface area contributed by atoms with E-state index >= 15 is 0 Å². The van der Waals surface area contributed by atoms with Gasteiger partial charge in [-0.3, -0.25) is 4.79 Å². The maximum atomic E-state index is 11.7. The van der Waals surface area contributed by atoms with E-state index < -0.39 is 6.10 Å². The van der Waals surface area contributed by atoms with Gasteiger partial charge in [0.1, 0.15) is 11.5 Å². The second-order valence-electron chi connectivity index (χ2n) is 4.23. The van der Waals surface area contributed by atoms with E-state index in [0.717, 1.165) is 17.7 Å². The number of carbonyl (C=O) groups is 1. The molecule has 0 heterocycles. The summed E-state index contributed by atoms with van der Waals surface area (Å²) in [6, 6.07) is 5.36. The number of methoxy groups -OCH3 is 1. The average Bonchev–Trinajstić information content (AvgIpc) is 2.44. The zero-order chi connectivity index (χ0) is 14.3. The molecule has 1 unspecified atom stereocenters. The molecule has 0 aliphatic carbocycles. The fourth-order valence-corrected chi connectivity index (χ4v) is 1.59. The third kappa shape index (κ3) is 4.44.